The summed E-state index contributed by atoms with van der Waals surface area (Å²) in [5.41, 5.74) is 0.918. The Kier molecular flexibility index (Phi) is 3.95. The molecule has 0 aliphatic heterocycles. The number of amides is 2. The lowest BCUT2D eigenvalue weighted by atomic mass is 10.2. The zero-order valence-electron chi connectivity index (χ0n) is 12.4. The Morgan fingerprint density at radius 1 is 1.14 bits per heavy atom. The standard InChI is InChI=1S/C17H22N2O2/c1-12(18-16(20)13-7-8-13)11-19(17(21)14-9-10-14)15-5-3-2-4-6-15/h2-6,12-14H,7-11H2,1H3,(H,18,20). The number of rotatable bonds is 6. The molecule has 3 rings (SSSR count). The molecule has 4 nitrogen and oxygen atoms in total. The van der Waals surface area contributed by atoms with Gasteiger partial charge in [-0.1, -0.05) is 18.2 Å². The Morgan fingerprint density at radius 2 is 1.76 bits per heavy atom. The SMILES string of the molecule is CC(CN(C(=O)C1CC1)c1ccccc1)NC(=O)C1CC1. The molecular formula is C17H22N2O2. The lowest BCUT2D eigenvalue weighted by Crippen LogP contribution is -2.45. The van der Waals surface area contributed by atoms with Crippen LogP contribution < -0.4 is 10.2 Å². The summed E-state index contributed by atoms with van der Waals surface area (Å²) >= 11 is 0. The first kappa shape index (κ1) is 14.1. The summed E-state index contributed by atoms with van der Waals surface area (Å²) in [4.78, 5) is 26.2. The summed E-state index contributed by atoms with van der Waals surface area (Å²) in [6.45, 7) is 2.51. The Labute approximate surface area is 125 Å². The van der Waals surface area contributed by atoms with Crippen molar-refractivity contribution < 1.29 is 9.59 Å². The Morgan fingerprint density at radius 3 is 2.33 bits per heavy atom. The van der Waals surface area contributed by atoms with Gasteiger partial charge in [0.25, 0.3) is 0 Å². The molecule has 1 aromatic carbocycles. The van der Waals surface area contributed by atoms with Crippen molar-refractivity contribution in [2.75, 3.05) is 11.4 Å². The van der Waals surface area contributed by atoms with Crippen LogP contribution in [-0.2, 0) is 9.59 Å². The highest BCUT2D eigenvalue weighted by Gasteiger charge is 2.35. The summed E-state index contributed by atoms with van der Waals surface area (Å²) in [5, 5.41) is 3.02. The van der Waals surface area contributed by atoms with Crippen LogP contribution in [0, 0.1) is 11.8 Å². The average molecular weight is 286 g/mol. The van der Waals surface area contributed by atoms with Crippen LogP contribution in [0.15, 0.2) is 30.3 Å². The van der Waals surface area contributed by atoms with E-state index in [9.17, 15) is 9.59 Å². The van der Waals surface area contributed by atoms with Gasteiger partial charge in [-0.25, -0.2) is 0 Å². The van der Waals surface area contributed by atoms with Crippen LogP contribution in [0.25, 0.3) is 0 Å². The number of nitrogens with one attached hydrogen (secondary N) is 1. The van der Waals surface area contributed by atoms with Gasteiger partial charge in [0.1, 0.15) is 0 Å². The molecule has 4 heteroatoms. The van der Waals surface area contributed by atoms with Crippen LogP contribution in [0.5, 0.6) is 0 Å². The number of carbonyl (C=O) groups excluding carboxylic acids is 2. The van der Waals surface area contributed by atoms with Gasteiger partial charge in [0.15, 0.2) is 0 Å². The lowest BCUT2D eigenvalue weighted by Gasteiger charge is -2.26. The van der Waals surface area contributed by atoms with E-state index in [-0.39, 0.29) is 29.7 Å². The van der Waals surface area contributed by atoms with Crippen LogP contribution >= 0.6 is 0 Å². The van der Waals surface area contributed by atoms with Crippen molar-refractivity contribution in [3.63, 3.8) is 0 Å². The van der Waals surface area contributed by atoms with Crippen molar-refractivity contribution in [3.8, 4) is 0 Å². The zero-order chi connectivity index (χ0) is 14.8. The van der Waals surface area contributed by atoms with E-state index in [1.807, 2.05) is 42.2 Å². The maximum Gasteiger partial charge on any atom is 0.230 e. The minimum absolute atomic E-state index is 0.0268. The largest absolute Gasteiger partial charge is 0.352 e. The van der Waals surface area contributed by atoms with Gasteiger partial charge in [-0.15, -0.1) is 0 Å². The van der Waals surface area contributed by atoms with E-state index in [0.717, 1.165) is 31.4 Å². The molecule has 0 aromatic heterocycles. The predicted molar refractivity (Wildman–Crippen MR) is 81.8 cm³/mol. The first-order valence-electron chi connectivity index (χ1n) is 7.82. The van der Waals surface area contributed by atoms with Gasteiger partial charge in [0.05, 0.1) is 0 Å². The maximum atomic E-state index is 12.5. The molecule has 21 heavy (non-hydrogen) atoms. The second kappa shape index (κ2) is 5.88. The molecule has 2 aliphatic carbocycles. The molecule has 2 aliphatic rings. The molecule has 2 saturated carbocycles. The molecular weight excluding hydrogens is 264 g/mol. The number of hydrogen-bond donors (Lipinski definition) is 1. The molecule has 2 amide bonds. The van der Waals surface area contributed by atoms with Crippen LogP contribution in [-0.4, -0.2) is 24.4 Å². The topological polar surface area (TPSA) is 49.4 Å². The highest BCUT2D eigenvalue weighted by Crippen LogP contribution is 2.33. The molecule has 112 valence electrons. The van der Waals surface area contributed by atoms with E-state index in [2.05, 4.69) is 5.32 Å². The van der Waals surface area contributed by atoms with E-state index >= 15 is 0 Å². The number of para-hydroxylation sites is 1. The molecule has 1 aromatic rings. The van der Waals surface area contributed by atoms with E-state index in [0.29, 0.717) is 6.54 Å². The number of carbonyl (C=O) groups is 2. The molecule has 0 bridgehead atoms. The van der Waals surface area contributed by atoms with Gasteiger partial charge in [-0.05, 0) is 44.7 Å². The summed E-state index contributed by atoms with van der Waals surface area (Å²) in [6.07, 6.45) is 3.99. The second-order valence-corrected chi connectivity index (χ2v) is 6.24. The monoisotopic (exact) mass is 286 g/mol. The fourth-order valence-electron chi connectivity index (χ4n) is 2.51. The first-order valence-corrected chi connectivity index (χ1v) is 7.82. The minimum Gasteiger partial charge on any atom is -0.352 e. The number of nitrogens with zero attached hydrogens (tertiary/aromatic N) is 1. The average Bonchev–Trinajstić information content (AvgIpc) is 3.37. The summed E-state index contributed by atoms with van der Waals surface area (Å²) in [6, 6.07) is 9.71. The number of benzene rings is 1. The first-order chi connectivity index (χ1) is 10.1. The smallest absolute Gasteiger partial charge is 0.230 e. The lowest BCUT2D eigenvalue weighted by molar-refractivity contribution is -0.123. The van der Waals surface area contributed by atoms with Crippen molar-refractivity contribution in [2.45, 2.75) is 38.6 Å². The molecule has 0 radical (unpaired) electrons. The van der Waals surface area contributed by atoms with Crippen molar-refractivity contribution in [1.29, 1.82) is 0 Å². The van der Waals surface area contributed by atoms with E-state index in [1.165, 1.54) is 0 Å². The summed E-state index contributed by atoms with van der Waals surface area (Å²) < 4.78 is 0. The van der Waals surface area contributed by atoms with Crippen LogP contribution in [0.4, 0.5) is 5.69 Å². The van der Waals surface area contributed by atoms with E-state index in [1.54, 1.807) is 0 Å². The third kappa shape index (κ3) is 3.63. The second-order valence-electron chi connectivity index (χ2n) is 6.24. The summed E-state index contributed by atoms with van der Waals surface area (Å²) in [7, 11) is 0. The quantitative estimate of drug-likeness (QED) is 0.872. The molecule has 1 atom stereocenters. The van der Waals surface area contributed by atoms with Crippen molar-refractivity contribution in [3.05, 3.63) is 30.3 Å². The Hall–Kier alpha value is -1.84. The van der Waals surface area contributed by atoms with Gasteiger partial charge in [-0.3, -0.25) is 9.59 Å². The molecule has 2 fully saturated rings. The van der Waals surface area contributed by atoms with Crippen molar-refractivity contribution >= 4 is 17.5 Å². The molecule has 0 spiro atoms. The Bertz CT molecular complexity index is 521. The van der Waals surface area contributed by atoms with Gasteiger partial charge in [0.2, 0.25) is 11.8 Å². The van der Waals surface area contributed by atoms with E-state index < -0.39 is 0 Å². The van der Waals surface area contributed by atoms with Crippen molar-refractivity contribution in [1.82, 2.24) is 5.32 Å². The third-order valence-electron chi connectivity index (χ3n) is 4.05. The third-order valence-corrected chi connectivity index (χ3v) is 4.05. The molecule has 0 heterocycles. The fourth-order valence-corrected chi connectivity index (χ4v) is 2.51. The normalized spacial score (nSPS) is 18.9. The molecule has 1 N–H and O–H groups in total. The summed E-state index contributed by atoms with van der Waals surface area (Å²) in [5.74, 6) is 0.705. The fraction of sp³-hybridized carbons (Fsp3) is 0.529. The van der Waals surface area contributed by atoms with Gasteiger partial charge >= 0.3 is 0 Å². The Balaban J connectivity index is 1.66. The predicted octanol–water partition coefficient (Wildman–Crippen LogP) is 2.34. The van der Waals surface area contributed by atoms with Crippen LogP contribution in [0.2, 0.25) is 0 Å². The van der Waals surface area contributed by atoms with Gasteiger partial charge in [0, 0.05) is 30.1 Å². The zero-order valence-corrected chi connectivity index (χ0v) is 12.4. The maximum absolute atomic E-state index is 12.5. The molecule has 1 unspecified atom stereocenters. The van der Waals surface area contributed by atoms with Crippen molar-refractivity contribution in [2.24, 2.45) is 11.8 Å². The number of anilines is 1. The van der Waals surface area contributed by atoms with E-state index in [4.69, 9.17) is 0 Å². The van der Waals surface area contributed by atoms with Crippen LogP contribution in [0.3, 0.4) is 0 Å². The minimum atomic E-state index is -0.0268. The van der Waals surface area contributed by atoms with Crippen LogP contribution in [0.1, 0.15) is 32.6 Å². The molecule has 0 saturated heterocycles. The number of hydrogen-bond acceptors (Lipinski definition) is 2. The van der Waals surface area contributed by atoms with Gasteiger partial charge < -0.3 is 10.2 Å². The highest BCUT2D eigenvalue weighted by atomic mass is 16.2. The highest BCUT2D eigenvalue weighted by molar-refractivity contribution is 5.96. The van der Waals surface area contributed by atoms with Gasteiger partial charge in [-0.2, -0.15) is 0 Å².